The molecule has 1 aromatic carbocycles. The number of hydrogen-bond acceptors (Lipinski definition) is 4. The van der Waals surface area contributed by atoms with Gasteiger partial charge in [-0.2, -0.15) is 11.3 Å². The van der Waals surface area contributed by atoms with Gasteiger partial charge in [0.25, 0.3) is 0 Å². The number of aromatic hydroxyl groups is 1. The van der Waals surface area contributed by atoms with E-state index in [-0.39, 0.29) is 17.3 Å². The molecular formula is C14H13Cl2NO2S. The van der Waals surface area contributed by atoms with Crippen LogP contribution in [0.2, 0.25) is 10.0 Å². The summed E-state index contributed by atoms with van der Waals surface area (Å²) in [6.45, 7) is 1.87. The van der Waals surface area contributed by atoms with Gasteiger partial charge >= 0.3 is 0 Å². The summed E-state index contributed by atoms with van der Waals surface area (Å²) in [6, 6.07) is 4.87. The first-order chi connectivity index (χ1) is 9.40. The van der Waals surface area contributed by atoms with Gasteiger partial charge in [-0.25, -0.2) is 0 Å². The van der Waals surface area contributed by atoms with E-state index >= 15 is 0 Å². The van der Waals surface area contributed by atoms with Gasteiger partial charge in [-0.3, -0.25) is 4.99 Å². The van der Waals surface area contributed by atoms with Crippen molar-refractivity contribution in [2.75, 3.05) is 6.54 Å². The van der Waals surface area contributed by atoms with Crippen molar-refractivity contribution in [1.29, 1.82) is 0 Å². The predicted octanol–water partition coefficient (Wildman–Crippen LogP) is 4.09. The average Bonchev–Trinajstić information content (AvgIpc) is 2.89. The Kier molecular flexibility index (Phi) is 4.70. The molecule has 6 heteroatoms. The van der Waals surface area contributed by atoms with Crippen LogP contribution in [-0.4, -0.2) is 23.0 Å². The van der Waals surface area contributed by atoms with E-state index < -0.39 is 5.60 Å². The standard InChI is InChI=1S/C14H13Cl2NO2S/c1-14(19,10-2-3-20-7-10)8-17-6-9-4-11(15)5-12(16)13(9)18/h2-7,18-19H,8H2,1H3. The van der Waals surface area contributed by atoms with Crippen LogP contribution in [0.3, 0.4) is 0 Å². The predicted molar refractivity (Wildman–Crippen MR) is 84.5 cm³/mol. The molecule has 1 heterocycles. The van der Waals surface area contributed by atoms with Crippen molar-refractivity contribution >= 4 is 40.8 Å². The van der Waals surface area contributed by atoms with Crippen molar-refractivity contribution in [2.45, 2.75) is 12.5 Å². The molecule has 2 N–H and O–H groups in total. The average molecular weight is 330 g/mol. The first-order valence-electron chi connectivity index (χ1n) is 5.83. The van der Waals surface area contributed by atoms with Crippen LogP contribution in [0.5, 0.6) is 5.75 Å². The summed E-state index contributed by atoms with van der Waals surface area (Å²) in [5.74, 6) is -0.0741. The number of halogens is 2. The number of aliphatic imine (C=N–C) groups is 1. The fourth-order valence-electron chi connectivity index (χ4n) is 1.67. The molecule has 0 saturated heterocycles. The minimum absolute atomic E-state index is 0.0741. The number of phenolic OH excluding ortho intramolecular Hbond substituents is 1. The van der Waals surface area contributed by atoms with Crippen LogP contribution in [0, 0.1) is 0 Å². The van der Waals surface area contributed by atoms with Gasteiger partial charge in [-0.15, -0.1) is 0 Å². The Balaban J connectivity index is 2.15. The molecule has 1 aromatic heterocycles. The van der Waals surface area contributed by atoms with Crippen LogP contribution in [0.15, 0.2) is 34.0 Å². The molecule has 0 bridgehead atoms. The normalized spacial score (nSPS) is 14.6. The van der Waals surface area contributed by atoms with Crippen molar-refractivity contribution in [2.24, 2.45) is 4.99 Å². The van der Waals surface area contributed by atoms with Gasteiger partial charge in [-0.05, 0) is 41.4 Å². The van der Waals surface area contributed by atoms with Gasteiger partial charge in [0, 0.05) is 16.8 Å². The van der Waals surface area contributed by atoms with Crippen LogP contribution in [0.1, 0.15) is 18.1 Å². The third-order valence-corrected chi connectivity index (χ3v) is 4.02. The highest BCUT2D eigenvalue weighted by atomic mass is 35.5. The van der Waals surface area contributed by atoms with Gasteiger partial charge in [0.1, 0.15) is 11.4 Å². The van der Waals surface area contributed by atoms with E-state index in [4.69, 9.17) is 23.2 Å². The van der Waals surface area contributed by atoms with Crippen molar-refractivity contribution in [3.05, 3.63) is 50.1 Å². The second-order valence-corrected chi connectivity index (χ2v) is 6.20. The molecule has 20 heavy (non-hydrogen) atoms. The summed E-state index contributed by atoms with van der Waals surface area (Å²) in [6.07, 6.45) is 1.45. The fourth-order valence-corrected chi connectivity index (χ4v) is 2.96. The van der Waals surface area contributed by atoms with E-state index in [1.807, 2.05) is 16.8 Å². The minimum Gasteiger partial charge on any atom is -0.506 e. The largest absolute Gasteiger partial charge is 0.506 e. The number of aliphatic hydroxyl groups is 1. The SMILES string of the molecule is CC(O)(CN=Cc1cc(Cl)cc(Cl)c1O)c1ccsc1. The highest BCUT2D eigenvalue weighted by Gasteiger charge is 2.22. The van der Waals surface area contributed by atoms with Gasteiger partial charge in [0.15, 0.2) is 0 Å². The lowest BCUT2D eigenvalue weighted by molar-refractivity contribution is 0.0680. The molecule has 1 atom stereocenters. The summed E-state index contributed by atoms with van der Waals surface area (Å²) < 4.78 is 0. The van der Waals surface area contributed by atoms with E-state index in [9.17, 15) is 10.2 Å². The molecule has 0 radical (unpaired) electrons. The zero-order chi connectivity index (χ0) is 14.8. The summed E-state index contributed by atoms with van der Waals surface area (Å²) in [5.41, 5.74) is 0.186. The number of thiophene rings is 1. The van der Waals surface area contributed by atoms with E-state index in [0.29, 0.717) is 10.6 Å². The Hall–Kier alpha value is -1.07. The van der Waals surface area contributed by atoms with Crippen molar-refractivity contribution in [3.8, 4) is 5.75 Å². The number of rotatable bonds is 4. The number of benzene rings is 1. The third-order valence-electron chi connectivity index (χ3n) is 2.83. The van der Waals surface area contributed by atoms with E-state index in [1.54, 1.807) is 13.0 Å². The molecular weight excluding hydrogens is 317 g/mol. The molecule has 1 unspecified atom stereocenters. The third kappa shape index (κ3) is 3.52. The minimum atomic E-state index is -1.05. The molecule has 0 spiro atoms. The lowest BCUT2D eigenvalue weighted by atomic mass is 10.00. The lowest BCUT2D eigenvalue weighted by Gasteiger charge is -2.19. The van der Waals surface area contributed by atoms with Gasteiger partial charge in [-0.1, -0.05) is 23.2 Å². The van der Waals surface area contributed by atoms with Crippen LogP contribution in [0.4, 0.5) is 0 Å². The molecule has 0 aliphatic rings. The molecule has 0 aliphatic heterocycles. The van der Waals surface area contributed by atoms with Crippen LogP contribution in [-0.2, 0) is 5.60 Å². The monoisotopic (exact) mass is 329 g/mol. The smallest absolute Gasteiger partial charge is 0.143 e. The Morgan fingerprint density at radius 1 is 1.40 bits per heavy atom. The summed E-state index contributed by atoms with van der Waals surface area (Å²) in [5, 5.41) is 24.5. The fraction of sp³-hybridized carbons (Fsp3) is 0.214. The van der Waals surface area contributed by atoms with Gasteiger partial charge in [0.2, 0.25) is 0 Å². The first kappa shape index (κ1) is 15.3. The second-order valence-electron chi connectivity index (χ2n) is 4.58. The Bertz CT molecular complexity index is 624. The molecule has 0 aliphatic carbocycles. The van der Waals surface area contributed by atoms with E-state index in [2.05, 4.69) is 4.99 Å². The zero-order valence-corrected chi connectivity index (χ0v) is 13.0. The van der Waals surface area contributed by atoms with Crippen LogP contribution >= 0.6 is 34.5 Å². The highest BCUT2D eigenvalue weighted by Crippen LogP contribution is 2.30. The first-order valence-corrected chi connectivity index (χ1v) is 7.53. The molecule has 0 fully saturated rings. The maximum Gasteiger partial charge on any atom is 0.143 e. The lowest BCUT2D eigenvalue weighted by Crippen LogP contribution is -2.24. The molecule has 2 aromatic rings. The van der Waals surface area contributed by atoms with Gasteiger partial charge in [0.05, 0.1) is 11.6 Å². The number of nitrogens with zero attached hydrogens (tertiary/aromatic N) is 1. The van der Waals surface area contributed by atoms with E-state index in [0.717, 1.165) is 5.56 Å². The van der Waals surface area contributed by atoms with Crippen molar-refractivity contribution in [3.63, 3.8) is 0 Å². The summed E-state index contributed by atoms with van der Waals surface area (Å²) >= 11 is 13.2. The maximum absolute atomic E-state index is 10.3. The van der Waals surface area contributed by atoms with Crippen LogP contribution in [0.25, 0.3) is 0 Å². The maximum atomic E-state index is 10.3. The quantitative estimate of drug-likeness (QED) is 0.830. The van der Waals surface area contributed by atoms with Crippen molar-refractivity contribution in [1.82, 2.24) is 0 Å². The van der Waals surface area contributed by atoms with Gasteiger partial charge < -0.3 is 10.2 Å². The zero-order valence-electron chi connectivity index (χ0n) is 10.7. The topological polar surface area (TPSA) is 52.8 Å². The van der Waals surface area contributed by atoms with Crippen LogP contribution < -0.4 is 0 Å². The Labute approximate surface area is 131 Å². The summed E-state index contributed by atoms with van der Waals surface area (Å²) in [7, 11) is 0. The van der Waals surface area contributed by atoms with Crippen molar-refractivity contribution < 1.29 is 10.2 Å². The Morgan fingerprint density at radius 3 is 2.80 bits per heavy atom. The molecule has 0 amide bonds. The Morgan fingerprint density at radius 2 is 2.15 bits per heavy atom. The molecule has 3 nitrogen and oxygen atoms in total. The highest BCUT2D eigenvalue weighted by molar-refractivity contribution is 7.08. The molecule has 0 saturated carbocycles. The number of phenols is 1. The summed E-state index contributed by atoms with van der Waals surface area (Å²) in [4.78, 5) is 4.16. The number of hydrogen-bond donors (Lipinski definition) is 2. The second kappa shape index (κ2) is 6.14. The molecule has 106 valence electrons. The molecule has 2 rings (SSSR count). The van der Waals surface area contributed by atoms with E-state index in [1.165, 1.54) is 23.6 Å².